The molecule has 0 aliphatic rings. The molecule has 2 rings (SSSR count). The highest BCUT2D eigenvalue weighted by atomic mass is 32.1. The molecule has 124 valence electrons. The van der Waals surface area contributed by atoms with Crippen molar-refractivity contribution in [2.75, 3.05) is 19.7 Å². The molecular formula is C18H24N2O2S. The molecule has 1 aromatic heterocycles. The van der Waals surface area contributed by atoms with Gasteiger partial charge in [-0.1, -0.05) is 37.3 Å². The van der Waals surface area contributed by atoms with Gasteiger partial charge in [-0.15, -0.1) is 0 Å². The number of hydrogen-bond acceptors (Lipinski definition) is 3. The number of hydrogen-bond donors (Lipinski definition) is 3. The summed E-state index contributed by atoms with van der Waals surface area (Å²) in [5.41, 5.74) is 2.38. The molecule has 0 fully saturated rings. The number of rotatable bonds is 8. The van der Waals surface area contributed by atoms with Crippen LogP contribution in [0.2, 0.25) is 0 Å². The van der Waals surface area contributed by atoms with Crippen LogP contribution in [0.15, 0.2) is 47.2 Å². The van der Waals surface area contributed by atoms with Gasteiger partial charge in [-0.25, -0.2) is 4.79 Å². The van der Waals surface area contributed by atoms with Crippen molar-refractivity contribution in [1.29, 1.82) is 0 Å². The van der Waals surface area contributed by atoms with Crippen LogP contribution in [0.1, 0.15) is 36.3 Å². The van der Waals surface area contributed by atoms with E-state index in [1.165, 1.54) is 5.56 Å². The Balaban J connectivity index is 1.77. The Bertz CT molecular complexity index is 572. The van der Waals surface area contributed by atoms with Crippen LogP contribution in [0, 0.1) is 0 Å². The Kier molecular flexibility index (Phi) is 7.10. The average molecular weight is 332 g/mol. The zero-order chi connectivity index (χ0) is 16.5. The quantitative estimate of drug-likeness (QED) is 0.694. The van der Waals surface area contributed by atoms with Gasteiger partial charge in [-0.3, -0.25) is 0 Å². The first-order chi connectivity index (χ1) is 11.2. The molecule has 0 saturated carbocycles. The highest BCUT2D eigenvalue weighted by molar-refractivity contribution is 7.07. The molecule has 0 saturated heterocycles. The summed E-state index contributed by atoms with van der Waals surface area (Å²) in [5, 5.41) is 19.2. The van der Waals surface area contributed by atoms with Gasteiger partial charge in [0, 0.05) is 25.6 Å². The first-order valence-corrected chi connectivity index (χ1v) is 8.84. The van der Waals surface area contributed by atoms with Crippen molar-refractivity contribution in [3.8, 4) is 0 Å². The third-order valence-electron chi connectivity index (χ3n) is 3.94. The monoisotopic (exact) mass is 332 g/mol. The number of urea groups is 1. The van der Waals surface area contributed by atoms with E-state index in [9.17, 15) is 9.90 Å². The average Bonchev–Trinajstić information content (AvgIpc) is 3.12. The molecule has 4 nitrogen and oxygen atoms in total. The van der Waals surface area contributed by atoms with E-state index in [0.29, 0.717) is 25.4 Å². The number of amides is 2. The van der Waals surface area contributed by atoms with Crippen molar-refractivity contribution >= 4 is 17.4 Å². The van der Waals surface area contributed by atoms with E-state index in [-0.39, 0.29) is 18.6 Å². The maximum Gasteiger partial charge on any atom is 0.314 e. The summed E-state index contributed by atoms with van der Waals surface area (Å²) >= 11 is 1.67. The summed E-state index contributed by atoms with van der Waals surface area (Å²) in [4.78, 5) is 12.0. The van der Waals surface area contributed by atoms with E-state index in [4.69, 9.17) is 0 Å². The number of aliphatic hydroxyl groups is 1. The molecule has 1 aromatic carbocycles. The fourth-order valence-corrected chi connectivity index (χ4v) is 3.25. The van der Waals surface area contributed by atoms with Crippen LogP contribution in [0.4, 0.5) is 4.79 Å². The largest absolute Gasteiger partial charge is 0.396 e. The first-order valence-electron chi connectivity index (χ1n) is 7.90. The summed E-state index contributed by atoms with van der Waals surface area (Å²) in [6, 6.07) is 11.9. The second-order valence-electron chi connectivity index (χ2n) is 5.67. The van der Waals surface area contributed by atoms with Gasteiger partial charge in [0.05, 0.1) is 0 Å². The molecule has 0 aliphatic carbocycles. The lowest BCUT2D eigenvalue weighted by molar-refractivity contribution is 0.237. The maximum atomic E-state index is 12.0. The zero-order valence-corrected chi connectivity index (χ0v) is 14.2. The van der Waals surface area contributed by atoms with E-state index >= 15 is 0 Å². The van der Waals surface area contributed by atoms with Gasteiger partial charge in [0.2, 0.25) is 0 Å². The lowest BCUT2D eigenvalue weighted by Crippen LogP contribution is -2.39. The van der Waals surface area contributed by atoms with Crippen LogP contribution in [-0.2, 0) is 0 Å². The fraction of sp³-hybridized carbons (Fsp3) is 0.389. The summed E-state index contributed by atoms with van der Waals surface area (Å²) in [5.74, 6) is 0.426. The zero-order valence-electron chi connectivity index (χ0n) is 13.4. The van der Waals surface area contributed by atoms with Crippen LogP contribution in [0.5, 0.6) is 0 Å². The Labute approximate surface area is 141 Å². The fourth-order valence-electron chi connectivity index (χ4n) is 2.47. The molecule has 2 atom stereocenters. The minimum absolute atomic E-state index is 0.109. The van der Waals surface area contributed by atoms with Gasteiger partial charge in [-0.2, -0.15) is 11.3 Å². The number of nitrogens with one attached hydrogen (secondary N) is 2. The lowest BCUT2D eigenvalue weighted by Gasteiger charge is -2.18. The Morgan fingerprint density at radius 1 is 1.13 bits per heavy atom. The Hall–Kier alpha value is -1.85. The van der Waals surface area contributed by atoms with Gasteiger partial charge >= 0.3 is 6.03 Å². The maximum absolute atomic E-state index is 12.0. The molecule has 3 N–H and O–H groups in total. The van der Waals surface area contributed by atoms with Gasteiger partial charge in [0.25, 0.3) is 0 Å². The van der Waals surface area contributed by atoms with Crippen LogP contribution in [-0.4, -0.2) is 30.8 Å². The second kappa shape index (κ2) is 9.33. The number of benzene rings is 1. The molecule has 0 aliphatic heterocycles. The minimum Gasteiger partial charge on any atom is -0.396 e. The van der Waals surface area contributed by atoms with Crippen molar-refractivity contribution in [1.82, 2.24) is 10.6 Å². The molecule has 5 heteroatoms. The molecule has 0 spiro atoms. The minimum atomic E-state index is -0.161. The first kappa shape index (κ1) is 17.5. The van der Waals surface area contributed by atoms with E-state index < -0.39 is 0 Å². The summed E-state index contributed by atoms with van der Waals surface area (Å²) in [6.45, 7) is 3.33. The van der Waals surface area contributed by atoms with E-state index in [1.807, 2.05) is 35.7 Å². The lowest BCUT2D eigenvalue weighted by atomic mass is 9.96. The van der Waals surface area contributed by atoms with Crippen LogP contribution in [0.3, 0.4) is 0 Å². The second-order valence-corrected chi connectivity index (χ2v) is 6.45. The third-order valence-corrected chi connectivity index (χ3v) is 4.64. The molecule has 0 radical (unpaired) electrons. The van der Waals surface area contributed by atoms with E-state index in [2.05, 4.69) is 29.0 Å². The van der Waals surface area contributed by atoms with Crippen molar-refractivity contribution < 1.29 is 9.90 Å². The molecular weight excluding hydrogens is 308 g/mol. The molecule has 2 unspecified atom stereocenters. The van der Waals surface area contributed by atoms with Crippen molar-refractivity contribution in [2.24, 2.45) is 0 Å². The van der Waals surface area contributed by atoms with Crippen molar-refractivity contribution in [3.63, 3.8) is 0 Å². The van der Waals surface area contributed by atoms with Crippen LogP contribution >= 0.6 is 11.3 Å². The Morgan fingerprint density at radius 2 is 1.87 bits per heavy atom. The normalized spacial score (nSPS) is 13.3. The number of thiophene rings is 1. The standard InChI is InChI=1S/C18H24N2O2S/c1-14(17-8-10-23-13-17)11-19-18(22)20-12-16(7-9-21)15-5-3-2-4-6-15/h2-6,8,10,13-14,16,21H,7,9,11-12H2,1H3,(H2,19,20,22). The van der Waals surface area contributed by atoms with E-state index in [0.717, 1.165) is 5.56 Å². The SMILES string of the molecule is CC(CNC(=O)NCC(CCO)c1ccccc1)c1ccsc1. The third kappa shape index (κ3) is 5.69. The van der Waals surface area contributed by atoms with Gasteiger partial charge in [-0.05, 0) is 40.3 Å². The highest BCUT2D eigenvalue weighted by Gasteiger charge is 2.13. The summed E-state index contributed by atoms with van der Waals surface area (Å²) in [7, 11) is 0. The van der Waals surface area contributed by atoms with Gasteiger partial charge in [0.15, 0.2) is 0 Å². The molecule has 23 heavy (non-hydrogen) atoms. The number of carbonyl (C=O) groups is 1. The van der Waals surface area contributed by atoms with Crippen LogP contribution < -0.4 is 10.6 Å². The predicted molar refractivity (Wildman–Crippen MR) is 95.0 cm³/mol. The molecule has 2 amide bonds. The highest BCUT2D eigenvalue weighted by Crippen LogP contribution is 2.18. The van der Waals surface area contributed by atoms with Crippen molar-refractivity contribution in [3.05, 3.63) is 58.3 Å². The molecule has 0 bridgehead atoms. The smallest absolute Gasteiger partial charge is 0.314 e. The topological polar surface area (TPSA) is 61.4 Å². The van der Waals surface area contributed by atoms with Gasteiger partial charge < -0.3 is 15.7 Å². The summed E-state index contributed by atoms with van der Waals surface area (Å²) < 4.78 is 0. The summed E-state index contributed by atoms with van der Waals surface area (Å²) in [6.07, 6.45) is 0.635. The predicted octanol–water partition coefficient (Wildman–Crippen LogP) is 3.32. The van der Waals surface area contributed by atoms with Crippen molar-refractivity contribution in [2.45, 2.75) is 25.2 Å². The molecule has 2 aromatic rings. The molecule has 1 heterocycles. The van der Waals surface area contributed by atoms with Crippen LogP contribution in [0.25, 0.3) is 0 Å². The van der Waals surface area contributed by atoms with Gasteiger partial charge in [0.1, 0.15) is 0 Å². The number of aliphatic hydroxyl groups excluding tert-OH is 1. The van der Waals surface area contributed by atoms with E-state index in [1.54, 1.807) is 11.3 Å². The number of carbonyl (C=O) groups excluding carboxylic acids is 1. The Morgan fingerprint density at radius 3 is 2.52 bits per heavy atom.